The topological polar surface area (TPSA) is 3.24 Å². The van der Waals surface area contributed by atoms with E-state index in [1.165, 1.54) is 120 Å². The predicted molar refractivity (Wildman–Crippen MR) is 283 cm³/mol. The molecule has 0 atom stereocenters. The fourth-order valence-corrected chi connectivity index (χ4v) is 11.8. The Balaban J connectivity index is 1.01. The lowest BCUT2D eigenvalue weighted by molar-refractivity contribution is 0.660. The number of benzene rings is 12. The molecule has 14 rings (SSSR count). The van der Waals surface area contributed by atoms with Gasteiger partial charge in [0.05, 0.1) is 5.69 Å². The lowest BCUT2D eigenvalue weighted by Gasteiger charge is -2.28. The Hall–Kier alpha value is -8.26. The molecule has 0 saturated carbocycles. The highest BCUT2D eigenvalue weighted by Gasteiger charge is 2.35. The number of hydrogen-bond acceptors (Lipinski definition) is 1. The second kappa shape index (κ2) is 13.9. The minimum Gasteiger partial charge on any atom is -0.310 e. The highest BCUT2D eigenvalue weighted by molar-refractivity contribution is 6.38. The van der Waals surface area contributed by atoms with Crippen LogP contribution in [0, 0.1) is 0 Å². The molecular formula is C65H43N. The van der Waals surface area contributed by atoms with Crippen LogP contribution >= 0.6 is 0 Å². The third-order valence-electron chi connectivity index (χ3n) is 15.0. The maximum atomic E-state index is 2.48. The molecule has 308 valence electrons. The van der Waals surface area contributed by atoms with Gasteiger partial charge in [0.2, 0.25) is 0 Å². The average molecular weight is 838 g/mol. The highest BCUT2D eigenvalue weighted by Crippen LogP contribution is 2.51. The van der Waals surface area contributed by atoms with Crippen LogP contribution in [0.25, 0.3) is 109 Å². The Morgan fingerprint density at radius 1 is 0.288 bits per heavy atom. The third kappa shape index (κ3) is 5.29. The van der Waals surface area contributed by atoms with Gasteiger partial charge in [-0.25, -0.2) is 0 Å². The normalized spacial score (nSPS) is 13.1. The first-order chi connectivity index (χ1) is 32.5. The molecular weight excluding hydrogens is 795 g/mol. The average Bonchev–Trinajstić information content (AvgIpc) is 3.60. The van der Waals surface area contributed by atoms with Crippen LogP contribution in [0.5, 0.6) is 0 Å². The summed E-state index contributed by atoms with van der Waals surface area (Å²) in [6.45, 7) is 4.72. The van der Waals surface area contributed by atoms with Crippen molar-refractivity contribution in [3.63, 3.8) is 0 Å². The van der Waals surface area contributed by atoms with Crippen LogP contribution in [0.2, 0.25) is 0 Å². The van der Waals surface area contributed by atoms with Gasteiger partial charge in [-0.2, -0.15) is 0 Å². The van der Waals surface area contributed by atoms with Crippen molar-refractivity contribution >= 4 is 92.5 Å². The first-order valence-electron chi connectivity index (χ1n) is 23.2. The molecule has 0 N–H and O–H groups in total. The Labute approximate surface area is 383 Å². The minimum absolute atomic E-state index is 0.0622. The molecule has 1 nitrogen and oxygen atoms in total. The standard InChI is InChI=1S/C65H43N/c1-65(2)58-25-6-5-18-51(58)52-37-32-45(38-59(52)65)40-28-33-47(34-29-40)66(48-35-30-42(31-36-48)50-19-7-13-41-12-3-4-17-49(41)50)60-39-46-16-10-22-54-53-20-8-14-43-26-27-44-15-9-21-55(62(44)61(43)53)56-23-11-24-57(60)64(56)63(46)54/h3-39H,1-2H3. The van der Waals surface area contributed by atoms with Crippen LogP contribution in [0.1, 0.15) is 25.0 Å². The molecule has 0 radical (unpaired) electrons. The lowest BCUT2D eigenvalue weighted by Crippen LogP contribution is -2.14. The zero-order valence-corrected chi connectivity index (χ0v) is 36.8. The molecule has 0 heterocycles. The van der Waals surface area contributed by atoms with Gasteiger partial charge in [-0.1, -0.05) is 202 Å². The van der Waals surface area contributed by atoms with Gasteiger partial charge >= 0.3 is 0 Å². The van der Waals surface area contributed by atoms with Crippen LogP contribution in [0.3, 0.4) is 0 Å². The molecule has 13 aromatic carbocycles. The summed E-state index contributed by atoms with van der Waals surface area (Å²) in [6.07, 6.45) is 0. The summed E-state index contributed by atoms with van der Waals surface area (Å²) in [5.74, 6) is 0. The molecule has 0 fully saturated rings. The Kier molecular flexibility index (Phi) is 7.81. The van der Waals surface area contributed by atoms with Crippen molar-refractivity contribution in [3.8, 4) is 33.4 Å². The van der Waals surface area contributed by atoms with Gasteiger partial charge in [0.15, 0.2) is 0 Å². The van der Waals surface area contributed by atoms with Crippen molar-refractivity contribution in [1.82, 2.24) is 0 Å². The quantitative estimate of drug-likeness (QED) is 0.156. The van der Waals surface area contributed by atoms with Crippen molar-refractivity contribution in [2.45, 2.75) is 19.3 Å². The van der Waals surface area contributed by atoms with E-state index in [9.17, 15) is 0 Å². The van der Waals surface area contributed by atoms with Crippen molar-refractivity contribution in [2.24, 2.45) is 0 Å². The van der Waals surface area contributed by atoms with Gasteiger partial charge in [-0.3, -0.25) is 0 Å². The van der Waals surface area contributed by atoms with Crippen molar-refractivity contribution in [1.29, 1.82) is 0 Å². The molecule has 1 aliphatic carbocycles. The number of anilines is 3. The van der Waals surface area contributed by atoms with Gasteiger partial charge in [0.25, 0.3) is 0 Å². The van der Waals surface area contributed by atoms with E-state index in [2.05, 4.69) is 243 Å². The molecule has 13 aromatic rings. The van der Waals surface area contributed by atoms with Crippen LogP contribution in [-0.4, -0.2) is 0 Å². The van der Waals surface area contributed by atoms with Gasteiger partial charge in [-0.15, -0.1) is 0 Å². The third-order valence-corrected chi connectivity index (χ3v) is 15.0. The fourth-order valence-electron chi connectivity index (χ4n) is 11.8. The molecule has 0 bridgehead atoms. The van der Waals surface area contributed by atoms with Crippen LogP contribution in [-0.2, 0) is 5.41 Å². The van der Waals surface area contributed by atoms with E-state index in [0.29, 0.717) is 0 Å². The van der Waals surface area contributed by atoms with E-state index >= 15 is 0 Å². The Morgan fingerprint density at radius 3 is 1.47 bits per heavy atom. The largest absolute Gasteiger partial charge is 0.310 e. The zero-order chi connectivity index (χ0) is 43.7. The van der Waals surface area contributed by atoms with Crippen molar-refractivity contribution in [2.75, 3.05) is 4.90 Å². The second-order valence-corrected chi connectivity index (χ2v) is 18.8. The Bertz CT molecular complexity index is 4110. The maximum Gasteiger partial charge on any atom is 0.0546 e. The highest BCUT2D eigenvalue weighted by atomic mass is 15.1. The first-order valence-corrected chi connectivity index (χ1v) is 23.2. The Morgan fingerprint density at radius 2 is 0.758 bits per heavy atom. The second-order valence-electron chi connectivity index (χ2n) is 18.8. The summed E-state index contributed by atoms with van der Waals surface area (Å²) in [4.78, 5) is 2.48. The maximum absolute atomic E-state index is 2.48. The summed E-state index contributed by atoms with van der Waals surface area (Å²) in [6, 6.07) is 84.2. The van der Waals surface area contributed by atoms with E-state index < -0.39 is 0 Å². The number of fused-ring (bicyclic) bond motifs is 6. The van der Waals surface area contributed by atoms with Gasteiger partial charge < -0.3 is 4.90 Å². The molecule has 1 aliphatic rings. The number of nitrogens with zero attached hydrogens (tertiary/aromatic N) is 1. The molecule has 0 aromatic heterocycles. The van der Waals surface area contributed by atoms with Crippen LogP contribution < -0.4 is 4.90 Å². The van der Waals surface area contributed by atoms with E-state index in [1.54, 1.807) is 0 Å². The molecule has 0 spiro atoms. The summed E-state index contributed by atoms with van der Waals surface area (Å²) >= 11 is 0. The van der Waals surface area contributed by atoms with E-state index in [1.807, 2.05) is 0 Å². The predicted octanol–water partition coefficient (Wildman–Crippen LogP) is 18.3. The first kappa shape index (κ1) is 37.1. The summed E-state index contributed by atoms with van der Waals surface area (Å²) in [5, 5.41) is 17.8. The molecule has 66 heavy (non-hydrogen) atoms. The van der Waals surface area contributed by atoms with Gasteiger partial charge in [0.1, 0.15) is 0 Å². The molecule has 0 amide bonds. The van der Waals surface area contributed by atoms with E-state index in [-0.39, 0.29) is 5.41 Å². The zero-order valence-electron chi connectivity index (χ0n) is 36.8. The molecule has 0 saturated heterocycles. The minimum atomic E-state index is -0.0622. The van der Waals surface area contributed by atoms with Crippen molar-refractivity contribution in [3.05, 3.63) is 236 Å². The lowest BCUT2D eigenvalue weighted by atomic mass is 9.81. The van der Waals surface area contributed by atoms with Gasteiger partial charge in [0, 0.05) is 27.6 Å². The van der Waals surface area contributed by atoms with E-state index in [0.717, 1.165) is 17.1 Å². The molecule has 0 unspecified atom stereocenters. The number of rotatable bonds is 5. The van der Waals surface area contributed by atoms with Crippen molar-refractivity contribution < 1.29 is 0 Å². The summed E-state index contributed by atoms with van der Waals surface area (Å²) in [5.41, 5.74) is 13.7. The monoisotopic (exact) mass is 837 g/mol. The summed E-state index contributed by atoms with van der Waals surface area (Å²) < 4.78 is 0. The van der Waals surface area contributed by atoms with Crippen LogP contribution in [0.15, 0.2) is 224 Å². The van der Waals surface area contributed by atoms with Crippen LogP contribution in [0.4, 0.5) is 17.1 Å². The molecule has 0 aliphatic heterocycles. The SMILES string of the molecule is CC1(C)c2ccccc2-c2ccc(-c3ccc(N(c4ccc(-c5cccc6ccccc56)cc4)c4cc5cccc6c7cccc8ccc9cccc(c%10cccc4c%10c56)c9c87)cc3)cc21. The smallest absolute Gasteiger partial charge is 0.0546 e. The number of hydrogen-bond donors (Lipinski definition) is 0. The van der Waals surface area contributed by atoms with Gasteiger partial charge in [-0.05, 0) is 146 Å². The summed E-state index contributed by atoms with van der Waals surface area (Å²) in [7, 11) is 0. The van der Waals surface area contributed by atoms with E-state index in [4.69, 9.17) is 0 Å². The molecule has 1 heteroatoms. The fraction of sp³-hybridized carbons (Fsp3) is 0.0462.